The molecular weight excluding hydrogens is 203 g/mol. The molecule has 0 aliphatic carbocycles. The van der Waals surface area contributed by atoms with Gasteiger partial charge in [0, 0.05) is 5.75 Å². The van der Waals surface area contributed by atoms with Crippen molar-refractivity contribution in [3.05, 3.63) is 35.6 Å². The summed E-state index contributed by atoms with van der Waals surface area (Å²) in [6, 6.07) is 6.50. The molecule has 76 valence electrons. The zero-order valence-electron chi connectivity index (χ0n) is 7.50. The molecule has 0 unspecified atom stereocenters. The van der Waals surface area contributed by atoms with Crippen LogP contribution in [0.2, 0.25) is 0 Å². The molecule has 0 aliphatic heterocycles. The number of nitrogens with one attached hydrogen (secondary N) is 1. The fourth-order valence-corrected chi connectivity index (χ4v) is 1.74. The first-order valence-corrected chi connectivity index (χ1v) is 5.20. The molecule has 0 saturated heterocycles. The van der Waals surface area contributed by atoms with Crippen LogP contribution in [0.3, 0.4) is 0 Å². The van der Waals surface area contributed by atoms with E-state index in [4.69, 9.17) is 5.84 Å². The molecule has 1 amide bonds. The lowest BCUT2D eigenvalue weighted by atomic mass is 10.2. The van der Waals surface area contributed by atoms with E-state index in [0.717, 1.165) is 0 Å². The highest BCUT2D eigenvalue weighted by atomic mass is 32.2. The molecule has 0 fully saturated rings. The Bertz CT molecular complexity index is 319. The second kappa shape index (κ2) is 5.62. The predicted molar refractivity (Wildman–Crippen MR) is 54.9 cm³/mol. The summed E-state index contributed by atoms with van der Waals surface area (Å²) in [6.07, 6.45) is 0. The molecule has 1 aromatic carbocycles. The molecule has 3 nitrogen and oxygen atoms in total. The molecule has 0 saturated carbocycles. The second-order valence-corrected chi connectivity index (χ2v) is 3.64. The van der Waals surface area contributed by atoms with Gasteiger partial charge in [-0.15, -0.1) is 11.8 Å². The summed E-state index contributed by atoms with van der Waals surface area (Å²) >= 11 is 1.32. The van der Waals surface area contributed by atoms with Gasteiger partial charge >= 0.3 is 0 Å². The van der Waals surface area contributed by atoms with Crippen molar-refractivity contribution in [3.8, 4) is 0 Å². The van der Waals surface area contributed by atoms with Gasteiger partial charge in [0.05, 0.1) is 5.75 Å². The van der Waals surface area contributed by atoms with Crippen LogP contribution in [0.25, 0.3) is 0 Å². The molecule has 0 aliphatic rings. The minimum atomic E-state index is -0.258. The Morgan fingerprint density at radius 2 is 2.21 bits per heavy atom. The van der Waals surface area contributed by atoms with Crippen LogP contribution in [0.1, 0.15) is 5.56 Å². The number of carbonyl (C=O) groups is 1. The summed E-state index contributed by atoms with van der Waals surface area (Å²) in [4.78, 5) is 10.7. The van der Waals surface area contributed by atoms with Crippen LogP contribution in [-0.4, -0.2) is 11.7 Å². The Morgan fingerprint density at radius 3 is 2.86 bits per heavy atom. The van der Waals surface area contributed by atoms with Crippen LogP contribution in [0.5, 0.6) is 0 Å². The molecule has 0 aromatic heterocycles. The number of carbonyl (C=O) groups excluding carboxylic acids is 1. The summed E-state index contributed by atoms with van der Waals surface area (Å²) in [5.41, 5.74) is 2.61. The SMILES string of the molecule is NNC(=O)CSCc1ccccc1F. The Balaban J connectivity index is 2.39. The number of hydrazine groups is 1. The van der Waals surface area contributed by atoms with Crippen molar-refractivity contribution in [2.24, 2.45) is 5.84 Å². The van der Waals surface area contributed by atoms with Crippen molar-refractivity contribution in [2.45, 2.75) is 5.75 Å². The number of rotatable bonds is 4. The molecule has 0 bridgehead atoms. The van der Waals surface area contributed by atoms with Crippen molar-refractivity contribution in [2.75, 3.05) is 5.75 Å². The van der Waals surface area contributed by atoms with Gasteiger partial charge in [-0.05, 0) is 11.6 Å². The molecule has 1 aromatic rings. The van der Waals surface area contributed by atoms with Gasteiger partial charge < -0.3 is 0 Å². The van der Waals surface area contributed by atoms with E-state index >= 15 is 0 Å². The van der Waals surface area contributed by atoms with Crippen LogP contribution in [0.15, 0.2) is 24.3 Å². The van der Waals surface area contributed by atoms with E-state index in [-0.39, 0.29) is 17.5 Å². The van der Waals surface area contributed by atoms with Crippen molar-refractivity contribution in [1.29, 1.82) is 0 Å². The summed E-state index contributed by atoms with van der Waals surface area (Å²) in [5, 5.41) is 0. The highest BCUT2D eigenvalue weighted by molar-refractivity contribution is 7.99. The standard InChI is InChI=1S/C9H11FN2OS/c10-8-4-2-1-3-7(8)5-14-6-9(13)12-11/h1-4H,5-6,11H2,(H,12,13). The number of thioether (sulfide) groups is 1. The predicted octanol–water partition coefficient (Wildman–Crippen LogP) is 1.05. The summed E-state index contributed by atoms with van der Waals surface area (Å²) in [6.45, 7) is 0. The number of halogens is 1. The summed E-state index contributed by atoms with van der Waals surface area (Å²) < 4.78 is 13.1. The van der Waals surface area contributed by atoms with Gasteiger partial charge in [0.2, 0.25) is 5.91 Å². The fourth-order valence-electron chi connectivity index (χ4n) is 0.911. The van der Waals surface area contributed by atoms with E-state index in [2.05, 4.69) is 0 Å². The number of hydrogen-bond acceptors (Lipinski definition) is 3. The number of nitrogens with two attached hydrogens (primary N) is 1. The third-order valence-electron chi connectivity index (χ3n) is 1.61. The monoisotopic (exact) mass is 214 g/mol. The molecule has 3 N–H and O–H groups in total. The maximum atomic E-state index is 13.1. The fraction of sp³-hybridized carbons (Fsp3) is 0.222. The number of benzene rings is 1. The Morgan fingerprint density at radius 1 is 1.50 bits per heavy atom. The number of amides is 1. The molecule has 0 heterocycles. The van der Waals surface area contributed by atoms with E-state index in [0.29, 0.717) is 11.3 Å². The van der Waals surface area contributed by atoms with E-state index in [1.165, 1.54) is 17.8 Å². The molecule has 0 spiro atoms. The first-order valence-electron chi connectivity index (χ1n) is 4.04. The van der Waals surface area contributed by atoms with Crippen molar-refractivity contribution in [3.63, 3.8) is 0 Å². The molecule has 0 atom stereocenters. The average molecular weight is 214 g/mol. The van der Waals surface area contributed by atoms with Gasteiger partial charge in [-0.1, -0.05) is 18.2 Å². The lowest BCUT2D eigenvalue weighted by Gasteiger charge is -2.02. The first-order chi connectivity index (χ1) is 6.74. The summed E-state index contributed by atoms with van der Waals surface area (Å²) in [5.74, 6) is 5.11. The van der Waals surface area contributed by atoms with E-state index in [9.17, 15) is 9.18 Å². The average Bonchev–Trinajstić information content (AvgIpc) is 2.20. The van der Waals surface area contributed by atoms with Gasteiger partial charge in [-0.2, -0.15) is 0 Å². The van der Waals surface area contributed by atoms with E-state index < -0.39 is 0 Å². The quantitative estimate of drug-likeness (QED) is 0.447. The van der Waals surface area contributed by atoms with Crippen molar-refractivity contribution in [1.82, 2.24) is 5.43 Å². The van der Waals surface area contributed by atoms with Crippen LogP contribution < -0.4 is 11.3 Å². The van der Waals surface area contributed by atoms with Crippen LogP contribution in [0.4, 0.5) is 4.39 Å². The van der Waals surface area contributed by atoms with E-state index in [1.54, 1.807) is 18.2 Å². The normalized spacial score (nSPS) is 9.86. The van der Waals surface area contributed by atoms with Crippen LogP contribution >= 0.6 is 11.8 Å². The molecular formula is C9H11FN2OS. The van der Waals surface area contributed by atoms with E-state index in [1.807, 2.05) is 5.43 Å². The van der Waals surface area contributed by atoms with Gasteiger partial charge in [0.1, 0.15) is 5.82 Å². The topological polar surface area (TPSA) is 55.1 Å². The minimum Gasteiger partial charge on any atom is -0.294 e. The van der Waals surface area contributed by atoms with Gasteiger partial charge in [0.15, 0.2) is 0 Å². The molecule has 14 heavy (non-hydrogen) atoms. The van der Waals surface area contributed by atoms with Crippen LogP contribution in [-0.2, 0) is 10.5 Å². The van der Waals surface area contributed by atoms with Crippen molar-refractivity contribution >= 4 is 17.7 Å². The largest absolute Gasteiger partial charge is 0.294 e. The number of hydrogen-bond donors (Lipinski definition) is 2. The molecule has 5 heteroatoms. The second-order valence-electron chi connectivity index (χ2n) is 2.65. The lowest BCUT2D eigenvalue weighted by molar-refractivity contribution is -0.118. The maximum absolute atomic E-state index is 13.1. The molecule has 0 radical (unpaired) electrons. The van der Waals surface area contributed by atoms with Gasteiger partial charge in [-0.25, -0.2) is 10.2 Å². The smallest absolute Gasteiger partial charge is 0.243 e. The molecule has 1 rings (SSSR count). The zero-order chi connectivity index (χ0) is 10.4. The van der Waals surface area contributed by atoms with Crippen LogP contribution in [0, 0.1) is 5.82 Å². The first kappa shape index (κ1) is 11.0. The van der Waals surface area contributed by atoms with Gasteiger partial charge in [0.25, 0.3) is 0 Å². The lowest BCUT2D eigenvalue weighted by Crippen LogP contribution is -2.31. The third-order valence-corrected chi connectivity index (χ3v) is 2.59. The van der Waals surface area contributed by atoms with Crippen molar-refractivity contribution < 1.29 is 9.18 Å². The summed E-state index contributed by atoms with van der Waals surface area (Å²) in [7, 11) is 0. The Labute approximate surface area is 85.8 Å². The minimum absolute atomic E-state index is 0.241. The Hall–Kier alpha value is -1.07. The highest BCUT2D eigenvalue weighted by Gasteiger charge is 2.02. The zero-order valence-corrected chi connectivity index (χ0v) is 8.31. The van der Waals surface area contributed by atoms with Gasteiger partial charge in [-0.3, -0.25) is 10.2 Å². The Kier molecular flexibility index (Phi) is 4.42. The maximum Gasteiger partial charge on any atom is 0.243 e. The highest BCUT2D eigenvalue weighted by Crippen LogP contribution is 2.14. The third kappa shape index (κ3) is 3.35.